The normalized spacial score (nSPS) is 33.0. The maximum atomic E-state index is 13.6. The lowest BCUT2D eigenvalue weighted by atomic mass is 9.95. The van der Waals surface area contributed by atoms with Gasteiger partial charge in [-0.25, -0.2) is 4.39 Å². The van der Waals surface area contributed by atoms with Crippen LogP contribution in [0.5, 0.6) is 0 Å². The van der Waals surface area contributed by atoms with E-state index in [0.29, 0.717) is 6.61 Å². The zero-order chi connectivity index (χ0) is 12.0. The molecular formula is C13H26FNO. The van der Waals surface area contributed by atoms with Gasteiger partial charge in [0, 0.05) is 12.6 Å². The molecule has 0 aromatic carbocycles. The van der Waals surface area contributed by atoms with E-state index < -0.39 is 6.17 Å². The summed E-state index contributed by atoms with van der Waals surface area (Å²) < 4.78 is 18.7. The Morgan fingerprint density at radius 3 is 2.31 bits per heavy atom. The van der Waals surface area contributed by atoms with Gasteiger partial charge in [-0.1, -0.05) is 20.8 Å². The molecular weight excluding hydrogens is 205 g/mol. The van der Waals surface area contributed by atoms with Gasteiger partial charge in [-0.3, -0.25) is 4.90 Å². The summed E-state index contributed by atoms with van der Waals surface area (Å²) in [4.78, 5) is 2.33. The molecule has 0 N–H and O–H groups in total. The van der Waals surface area contributed by atoms with Gasteiger partial charge < -0.3 is 4.74 Å². The van der Waals surface area contributed by atoms with Gasteiger partial charge in [0.1, 0.15) is 6.17 Å². The third-order valence-corrected chi connectivity index (χ3v) is 3.54. The van der Waals surface area contributed by atoms with E-state index in [1.165, 1.54) is 12.8 Å². The molecule has 0 aliphatic carbocycles. The van der Waals surface area contributed by atoms with E-state index >= 15 is 0 Å². The number of likely N-dealkylation sites (tertiary alicyclic amines) is 1. The monoisotopic (exact) mass is 231 g/mol. The van der Waals surface area contributed by atoms with Crippen molar-refractivity contribution in [1.29, 1.82) is 0 Å². The molecule has 0 spiro atoms. The van der Waals surface area contributed by atoms with Crippen LogP contribution in [0.4, 0.5) is 4.39 Å². The predicted molar refractivity (Wildman–Crippen MR) is 65.4 cm³/mol. The zero-order valence-corrected chi connectivity index (χ0v) is 10.9. The van der Waals surface area contributed by atoms with Gasteiger partial charge in [-0.05, 0) is 38.3 Å². The fourth-order valence-corrected chi connectivity index (χ4v) is 2.46. The molecule has 2 heterocycles. The third-order valence-electron chi connectivity index (χ3n) is 3.54. The first-order valence-corrected chi connectivity index (χ1v) is 6.73. The highest BCUT2D eigenvalue weighted by molar-refractivity contribution is 4.84. The van der Waals surface area contributed by atoms with Gasteiger partial charge in [0.05, 0.1) is 6.61 Å². The number of alkyl halides is 1. The Kier molecular flexibility index (Phi) is 6.29. The molecule has 2 unspecified atom stereocenters. The maximum absolute atomic E-state index is 13.6. The molecule has 0 saturated carbocycles. The van der Waals surface area contributed by atoms with Crippen LogP contribution in [0.25, 0.3) is 0 Å². The lowest BCUT2D eigenvalue weighted by Gasteiger charge is -2.40. The first-order chi connectivity index (χ1) is 7.77. The quantitative estimate of drug-likeness (QED) is 0.688. The molecule has 0 amide bonds. The molecule has 2 fully saturated rings. The van der Waals surface area contributed by atoms with Crippen molar-refractivity contribution in [2.75, 3.05) is 26.3 Å². The summed E-state index contributed by atoms with van der Waals surface area (Å²) in [6, 6.07) is 0.135. The lowest BCUT2D eigenvalue weighted by molar-refractivity contribution is -0.0357. The highest BCUT2D eigenvalue weighted by Gasteiger charge is 2.32. The van der Waals surface area contributed by atoms with Crippen molar-refractivity contribution in [2.45, 2.75) is 52.2 Å². The Balaban J connectivity index is 0.000000606. The first kappa shape index (κ1) is 13.9. The minimum absolute atomic E-state index is 0.135. The summed E-state index contributed by atoms with van der Waals surface area (Å²) in [6.07, 6.45) is 2.56. The highest BCUT2D eigenvalue weighted by atomic mass is 19.1. The summed E-state index contributed by atoms with van der Waals surface area (Å²) in [5.74, 6) is 0.823. The van der Waals surface area contributed by atoms with Crippen LogP contribution < -0.4 is 0 Å². The summed E-state index contributed by atoms with van der Waals surface area (Å²) >= 11 is 0. The van der Waals surface area contributed by atoms with Crippen LogP contribution in [0.2, 0.25) is 0 Å². The van der Waals surface area contributed by atoms with Crippen LogP contribution in [0, 0.1) is 5.92 Å². The van der Waals surface area contributed by atoms with E-state index in [1.807, 2.05) is 13.8 Å². The summed E-state index contributed by atoms with van der Waals surface area (Å²) in [7, 11) is 0. The summed E-state index contributed by atoms with van der Waals surface area (Å²) in [6.45, 7) is 9.47. The minimum atomic E-state index is -0.767. The number of piperidine rings is 1. The SMILES string of the molecule is CC.CC1CCN(C2CCOCC2F)CC1. The second-order valence-corrected chi connectivity index (χ2v) is 4.67. The number of ether oxygens (including phenoxy) is 1. The molecule has 0 bridgehead atoms. The molecule has 2 atom stereocenters. The third kappa shape index (κ3) is 3.70. The lowest BCUT2D eigenvalue weighted by Crippen LogP contribution is -2.49. The van der Waals surface area contributed by atoms with Gasteiger partial charge in [-0.2, -0.15) is 0 Å². The number of hydrogen-bond donors (Lipinski definition) is 0. The van der Waals surface area contributed by atoms with Crippen molar-refractivity contribution in [3.05, 3.63) is 0 Å². The van der Waals surface area contributed by atoms with E-state index in [-0.39, 0.29) is 6.04 Å². The van der Waals surface area contributed by atoms with E-state index in [9.17, 15) is 4.39 Å². The molecule has 0 radical (unpaired) electrons. The maximum Gasteiger partial charge on any atom is 0.139 e. The van der Waals surface area contributed by atoms with E-state index in [0.717, 1.165) is 32.0 Å². The largest absolute Gasteiger partial charge is 0.378 e. The van der Waals surface area contributed by atoms with Gasteiger partial charge in [0.25, 0.3) is 0 Å². The second-order valence-electron chi connectivity index (χ2n) is 4.67. The average Bonchev–Trinajstić information content (AvgIpc) is 2.34. The molecule has 2 aliphatic rings. The van der Waals surface area contributed by atoms with E-state index in [4.69, 9.17) is 4.74 Å². The summed E-state index contributed by atoms with van der Waals surface area (Å²) in [5, 5.41) is 0. The van der Waals surface area contributed by atoms with Crippen molar-refractivity contribution < 1.29 is 9.13 Å². The molecule has 2 nitrogen and oxygen atoms in total. The Morgan fingerprint density at radius 1 is 1.12 bits per heavy atom. The zero-order valence-electron chi connectivity index (χ0n) is 10.9. The molecule has 0 aromatic rings. The first-order valence-electron chi connectivity index (χ1n) is 6.73. The second kappa shape index (κ2) is 7.23. The van der Waals surface area contributed by atoms with E-state index in [1.54, 1.807) is 0 Å². The molecule has 2 aliphatic heterocycles. The number of nitrogens with zero attached hydrogens (tertiary/aromatic N) is 1. The average molecular weight is 231 g/mol. The number of rotatable bonds is 1. The van der Waals surface area contributed by atoms with Crippen molar-refractivity contribution in [3.63, 3.8) is 0 Å². The standard InChI is InChI=1S/C11H20FNO.C2H6/c1-9-2-5-13(6-3-9)11-4-7-14-8-10(11)12;1-2/h9-11H,2-8H2,1H3;1-2H3. The topological polar surface area (TPSA) is 12.5 Å². The Hall–Kier alpha value is -0.150. The highest BCUT2D eigenvalue weighted by Crippen LogP contribution is 2.24. The van der Waals surface area contributed by atoms with Crippen molar-refractivity contribution >= 4 is 0 Å². The number of halogens is 1. The Labute approximate surface area is 99.2 Å². The molecule has 2 saturated heterocycles. The minimum Gasteiger partial charge on any atom is -0.378 e. The van der Waals surface area contributed by atoms with Gasteiger partial charge in [0.15, 0.2) is 0 Å². The molecule has 16 heavy (non-hydrogen) atoms. The van der Waals surface area contributed by atoms with Crippen LogP contribution in [-0.4, -0.2) is 43.4 Å². The van der Waals surface area contributed by atoms with E-state index in [2.05, 4.69) is 11.8 Å². The van der Waals surface area contributed by atoms with Gasteiger partial charge in [-0.15, -0.1) is 0 Å². The van der Waals surface area contributed by atoms with Crippen LogP contribution in [0.1, 0.15) is 40.0 Å². The Morgan fingerprint density at radius 2 is 1.75 bits per heavy atom. The fourth-order valence-electron chi connectivity index (χ4n) is 2.46. The van der Waals surface area contributed by atoms with Crippen LogP contribution in [-0.2, 0) is 4.74 Å². The van der Waals surface area contributed by atoms with Crippen LogP contribution in [0.15, 0.2) is 0 Å². The van der Waals surface area contributed by atoms with Gasteiger partial charge >= 0.3 is 0 Å². The Bertz CT molecular complexity index is 181. The smallest absolute Gasteiger partial charge is 0.139 e. The molecule has 96 valence electrons. The van der Waals surface area contributed by atoms with Crippen molar-refractivity contribution in [1.82, 2.24) is 4.90 Å². The van der Waals surface area contributed by atoms with Crippen LogP contribution >= 0.6 is 0 Å². The molecule has 3 heteroatoms. The molecule has 2 rings (SSSR count). The predicted octanol–water partition coefficient (Wildman–Crippen LogP) is 2.87. The fraction of sp³-hybridized carbons (Fsp3) is 1.00. The summed E-state index contributed by atoms with van der Waals surface area (Å²) in [5.41, 5.74) is 0. The van der Waals surface area contributed by atoms with Gasteiger partial charge in [0.2, 0.25) is 0 Å². The number of hydrogen-bond acceptors (Lipinski definition) is 2. The van der Waals surface area contributed by atoms with Crippen LogP contribution in [0.3, 0.4) is 0 Å². The van der Waals surface area contributed by atoms with Crippen molar-refractivity contribution in [2.24, 2.45) is 5.92 Å². The molecule has 0 aromatic heterocycles. The van der Waals surface area contributed by atoms with Crippen molar-refractivity contribution in [3.8, 4) is 0 Å².